The Balaban J connectivity index is 0.000000401. The Morgan fingerprint density at radius 1 is 1.27 bits per heavy atom. The minimum absolute atomic E-state index is 0.00454. The second kappa shape index (κ2) is 12.4. The molecule has 1 aliphatic rings. The van der Waals surface area contributed by atoms with Crippen molar-refractivity contribution in [2.45, 2.75) is 72.2 Å². The van der Waals surface area contributed by atoms with Gasteiger partial charge in [0.15, 0.2) is 0 Å². The molecule has 1 aliphatic heterocycles. The normalized spacial score (nSPS) is 17.2. The number of ether oxygens (including phenoxy) is 3. The molecule has 6 heteroatoms. The Morgan fingerprint density at radius 2 is 1.91 bits per heavy atom. The lowest BCUT2D eigenvalue weighted by Gasteiger charge is -2.11. The van der Waals surface area contributed by atoms with Crippen molar-refractivity contribution in [3.05, 3.63) is 0 Å². The van der Waals surface area contributed by atoms with Crippen molar-refractivity contribution >= 4 is 11.9 Å². The molecule has 1 unspecified atom stereocenters. The fourth-order valence-corrected chi connectivity index (χ4v) is 1.56. The lowest BCUT2D eigenvalue weighted by atomic mass is 10.2. The van der Waals surface area contributed by atoms with Gasteiger partial charge in [0.05, 0.1) is 18.8 Å². The van der Waals surface area contributed by atoms with E-state index < -0.39 is 0 Å². The van der Waals surface area contributed by atoms with Crippen LogP contribution < -0.4 is 5.32 Å². The molecule has 22 heavy (non-hydrogen) atoms. The number of rotatable bonds is 8. The van der Waals surface area contributed by atoms with Crippen LogP contribution in [0.3, 0.4) is 0 Å². The molecule has 0 aromatic carbocycles. The highest BCUT2D eigenvalue weighted by atomic mass is 16.6. The van der Waals surface area contributed by atoms with Crippen LogP contribution in [-0.2, 0) is 23.8 Å². The number of hydrogen-bond donors (Lipinski definition) is 1. The molecule has 1 saturated heterocycles. The maximum Gasteiger partial charge on any atom is 0.306 e. The number of amides is 1. The van der Waals surface area contributed by atoms with Gasteiger partial charge in [0.25, 0.3) is 0 Å². The van der Waals surface area contributed by atoms with Crippen LogP contribution >= 0.6 is 0 Å². The van der Waals surface area contributed by atoms with Crippen molar-refractivity contribution in [3.8, 4) is 0 Å². The number of carbonyl (C=O) groups excluding carboxylic acids is 2. The summed E-state index contributed by atoms with van der Waals surface area (Å²) in [7, 11) is 0. The molecule has 1 amide bonds. The number of esters is 1. The van der Waals surface area contributed by atoms with Gasteiger partial charge in [0.2, 0.25) is 5.91 Å². The smallest absolute Gasteiger partial charge is 0.306 e. The molecular weight excluding hydrogens is 286 g/mol. The van der Waals surface area contributed by atoms with E-state index in [0.29, 0.717) is 13.0 Å². The average Bonchev–Trinajstić information content (AvgIpc) is 2.87. The standard InChI is InChI=1S/C8H17NO2.C8H14O3/c1-4-5-9-8(10)6-11-7(2)3;1-6(2)10-5-7-3-4-8(9)11-7/h7H,4-6H2,1-3H3,(H,9,10);6-7H,3-5H2,1-2H3. The number of nitrogens with one attached hydrogen (secondary N) is 1. The molecule has 130 valence electrons. The fraction of sp³-hybridized carbons (Fsp3) is 0.875. The highest BCUT2D eigenvalue weighted by molar-refractivity contribution is 5.77. The van der Waals surface area contributed by atoms with Gasteiger partial charge in [-0.2, -0.15) is 0 Å². The fourth-order valence-electron chi connectivity index (χ4n) is 1.56. The summed E-state index contributed by atoms with van der Waals surface area (Å²) in [6.45, 7) is 11.2. The molecule has 0 bridgehead atoms. The van der Waals surface area contributed by atoms with Gasteiger partial charge >= 0.3 is 5.97 Å². The van der Waals surface area contributed by atoms with Crippen LogP contribution in [0.5, 0.6) is 0 Å². The summed E-state index contributed by atoms with van der Waals surface area (Å²) >= 11 is 0. The third kappa shape index (κ3) is 12.6. The van der Waals surface area contributed by atoms with Crippen molar-refractivity contribution in [2.75, 3.05) is 19.8 Å². The molecule has 0 aliphatic carbocycles. The molecule has 0 aromatic heterocycles. The summed E-state index contributed by atoms with van der Waals surface area (Å²) in [5, 5.41) is 2.72. The van der Waals surface area contributed by atoms with E-state index >= 15 is 0 Å². The van der Waals surface area contributed by atoms with Crippen molar-refractivity contribution < 1.29 is 23.8 Å². The Labute approximate surface area is 133 Å². The van der Waals surface area contributed by atoms with Crippen LogP contribution in [0.2, 0.25) is 0 Å². The Hall–Kier alpha value is -1.14. The molecule has 1 heterocycles. The van der Waals surface area contributed by atoms with Crippen LogP contribution in [-0.4, -0.2) is 49.9 Å². The van der Waals surface area contributed by atoms with Gasteiger partial charge in [0, 0.05) is 13.0 Å². The summed E-state index contributed by atoms with van der Waals surface area (Å²) in [5.41, 5.74) is 0. The van der Waals surface area contributed by atoms with Gasteiger partial charge in [-0.05, 0) is 40.5 Å². The van der Waals surface area contributed by atoms with Gasteiger partial charge in [-0.3, -0.25) is 9.59 Å². The van der Waals surface area contributed by atoms with E-state index in [-0.39, 0.29) is 36.8 Å². The zero-order valence-corrected chi connectivity index (χ0v) is 14.5. The van der Waals surface area contributed by atoms with Crippen molar-refractivity contribution in [3.63, 3.8) is 0 Å². The summed E-state index contributed by atoms with van der Waals surface area (Å²) in [6, 6.07) is 0. The minimum atomic E-state index is -0.0950. The molecule has 0 saturated carbocycles. The van der Waals surface area contributed by atoms with Crippen LogP contribution in [0, 0.1) is 0 Å². The summed E-state index contributed by atoms with van der Waals surface area (Å²) in [6.07, 6.45) is 2.67. The monoisotopic (exact) mass is 317 g/mol. The summed E-state index contributed by atoms with van der Waals surface area (Å²) < 4.78 is 15.3. The Morgan fingerprint density at radius 3 is 2.36 bits per heavy atom. The lowest BCUT2D eigenvalue weighted by molar-refractivity contribution is -0.144. The van der Waals surface area contributed by atoms with E-state index in [4.69, 9.17) is 14.2 Å². The van der Waals surface area contributed by atoms with Crippen molar-refractivity contribution in [1.82, 2.24) is 5.32 Å². The molecule has 6 nitrogen and oxygen atoms in total. The minimum Gasteiger partial charge on any atom is -0.460 e. The maximum absolute atomic E-state index is 10.9. The van der Waals surface area contributed by atoms with E-state index in [1.54, 1.807) is 0 Å². The second-order valence-corrected chi connectivity index (χ2v) is 5.74. The molecule has 1 fully saturated rings. The third-order valence-electron chi connectivity index (χ3n) is 2.70. The van der Waals surface area contributed by atoms with Crippen molar-refractivity contribution in [2.24, 2.45) is 0 Å². The molecule has 0 aromatic rings. The van der Waals surface area contributed by atoms with Gasteiger partial charge in [-0.25, -0.2) is 0 Å². The first-order valence-electron chi connectivity index (χ1n) is 8.04. The van der Waals surface area contributed by atoms with Gasteiger partial charge in [-0.15, -0.1) is 0 Å². The van der Waals surface area contributed by atoms with E-state index in [9.17, 15) is 9.59 Å². The predicted octanol–water partition coefficient (Wildman–Crippen LogP) is 2.05. The van der Waals surface area contributed by atoms with E-state index in [0.717, 1.165) is 19.4 Å². The second-order valence-electron chi connectivity index (χ2n) is 5.74. The van der Waals surface area contributed by atoms with Gasteiger partial charge in [-0.1, -0.05) is 6.92 Å². The van der Waals surface area contributed by atoms with Crippen LogP contribution in [0.1, 0.15) is 53.9 Å². The number of hydrogen-bond acceptors (Lipinski definition) is 5. The maximum atomic E-state index is 10.9. The van der Waals surface area contributed by atoms with Crippen LogP contribution in [0.15, 0.2) is 0 Å². The lowest BCUT2D eigenvalue weighted by Crippen LogP contribution is -2.29. The first-order chi connectivity index (χ1) is 10.3. The quantitative estimate of drug-likeness (QED) is 0.694. The molecular formula is C16H31NO5. The molecule has 0 radical (unpaired) electrons. The number of carbonyl (C=O) groups is 2. The summed E-state index contributed by atoms with van der Waals surface area (Å²) in [4.78, 5) is 21.5. The average molecular weight is 317 g/mol. The van der Waals surface area contributed by atoms with E-state index in [2.05, 4.69) is 5.32 Å². The Kier molecular flexibility index (Phi) is 11.8. The SMILES string of the molecule is CC(C)OCC1CCC(=O)O1.CCCNC(=O)COC(C)C. The first kappa shape index (κ1) is 20.9. The molecule has 1 atom stereocenters. The van der Waals surface area contributed by atoms with Gasteiger partial charge < -0.3 is 19.5 Å². The molecule has 1 rings (SSSR count). The Bertz CT molecular complexity index is 318. The predicted molar refractivity (Wildman–Crippen MR) is 84.6 cm³/mol. The van der Waals surface area contributed by atoms with E-state index in [1.807, 2.05) is 34.6 Å². The summed E-state index contributed by atoms with van der Waals surface area (Å²) in [5.74, 6) is -0.122. The van der Waals surface area contributed by atoms with Crippen molar-refractivity contribution in [1.29, 1.82) is 0 Å². The largest absolute Gasteiger partial charge is 0.460 e. The van der Waals surface area contributed by atoms with Gasteiger partial charge in [0.1, 0.15) is 12.7 Å². The molecule has 0 spiro atoms. The zero-order chi connectivity index (χ0) is 17.0. The first-order valence-corrected chi connectivity index (χ1v) is 8.04. The highest BCUT2D eigenvalue weighted by Gasteiger charge is 2.23. The van der Waals surface area contributed by atoms with E-state index in [1.165, 1.54) is 0 Å². The molecule has 1 N–H and O–H groups in total. The van der Waals surface area contributed by atoms with Crippen LogP contribution in [0.25, 0.3) is 0 Å². The topological polar surface area (TPSA) is 73.9 Å². The zero-order valence-electron chi connectivity index (χ0n) is 14.5. The number of cyclic esters (lactones) is 1. The third-order valence-corrected chi connectivity index (χ3v) is 2.70. The van der Waals surface area contributed by atoms with Crippen LogP contribution in [0.4, 0.5) is 0 Å². The highest BCUT2D eigenvalue weighted by Crippen LogP contribution is 2.14.